The van der Waals surface area contributed by atoms with E-state index in [0.717, 1.165) is 6.42 Å². The summed E-state index contributed by atoms with van der Waals surface area (Å²) < 4.78 is 10.1. The van der Waals surface area contributed by atoms with Gasteiger partial charge in [0.25, 0.3) is 0 Å². The zero-order valence-electron chi connectivity index (χ0n) is 5.76. The van der Waals surface area contributed by atoms with Gasteiger partial charge in [-0.3, -0.25) is 4.79 Å². The molecule has 1 saturated heterocycles. The van der Waals surface area contributed by atoms with Crippen LogP contribution in [0.25, 0.3) is 0 Å². The van der Waals surface area contributed by atoms with Crippen LogP contribution < -0.4 is 0 Å². The molecule has 0 aromatic rings. The third-order valence-corrected chi connectivity index (χ3v) is 2.06. The molecular formula is C6H8Cl2O3. The van der Waals surface area contributed by atoms with Gasteiger partial charge in [0.2, 0.25) is 5.24 Å². The van der Waals surface area contributed by atoms with Crippen molar-refractivity contribution >= 4 is 28.4 Å². The summed E-state index contributed by atoms with van der Waals surface area (Å²) >= 11 is 10.7. The van der Waals surface area contributed by atoms with Crippen LogP contribution in [-0.4, -0.2) is 30.1 Å². The first-order valence-corrected chi connectivity index (χ1v) is 4.10. The van der Waals surface area contributed by atoms with Gasteiger partial charge >= 0.3 is 0 Å². The largest absolute Gasteiger partial charge is 0.350 e. The monoisotopic (exact) mass is 198 g/mol. The summed E-state index contributed by atoms with van der Waals surface area (Å²) in [5, 5.41) is -1.53. The van der Waals surface area contributed by atoms with Crippen LogP contribution in [0.15, 0.2) is 0 Å². The standard InChI is InChI=1S/C6H8Cl2O3/c7-4(5(8)9)6-10-2-1-3-11-6/h4,6H,1-3H2. The van der Waals surface area contributed by atoms with E-state index in [1.54, 1.807) is 0 Å². The van der Waals surface area contributed by atoms with E-state index in [4.69, 9.17) is 32.7 Å². The van der Waals surface area contributed by atoms with E-state index in [2.05, 4.69) is 0 Å². The van der Waals surface area contributed by atoms with Gasteiger partial charge in [0.05, 0.1) is 13.2 Å². The van der Waals surface area contributed by atoms with Crippen molar-refractivity contribution in [1.29, 1.82) is 0 Å². The van der Waals surface area contributed by atoms with Crippen molar-refractivity contribution in [3.05, 3.63) is 0 Å². The first-order chi connectivity index (χ1) is 5.22. The van der Waals surface area contributed by atoms with E-state index in [9.17, 15) is 4.79 Å². The Morgan fingerprint density at radius 1 is 1.45 bits per heavy atom. The summed E-state index contributed by atoms with van der Waals surface area (Å²) in [7, 11) is 0. The zero-order chi connectivity index (χ0) is 8.27. The van der Waals surface area contributed by atoms with Crippen LogP contribution in [0.3, 0.4) is 0 Å². The smallest absolute Gasteiger partial charge is 0.244 e. The number of ether oxygens (including phenoxy) is 2. The summed E-state index contributed by atoms with van der Waals surface area (Å²) in [5.41, 5.74) is 0. The molecule has 0 radical (unpaired) electrons. The number of hydrogen-bond donors (Lipinski definition) is 0. The number of hydrogen-bond acceptors (Lipinski definition) is 3. The second kappa shape index (κ2) is 4.26. The van der Waals surface area contributed by atoms with E-state index >= 15 is 0 Å². The number of halogens is 2. The molecule has 1 aliphatic heterocycles. The fourth-order valence-corrected chi connectivity index (χ4v) is 1.03. The maximum atomic E-state index is 10.5. The van der Waals surface area contributed by atoms with Crippen LogP contribution in [0.5, 0.6) is 0 Å². The fourth-order valence-electron chi connectivity index (χ4n) is 0.782. The van der Waals surface area contributed by atoms with Crippen LogP contribution in [-0.2, 0) is 14.3 Å². The predicted molar refractivity (Wildman–Crippen MR) is 40.8 cm³/mol. The topological polar surface area (TPSA) is 35.5 Å². The Morgan fingerprint density at radius 3 is 2.45 bits per heavy atom. The molecule has 0 bridgehead atoms. The van der Waals surface area contributed by atoms with Gasteiger partial charge in [-0.05, 0) is 18.0 Å². The first-order valence-electron chi connectivity index (χ1n) is 3.28. The SMILES string of the molecule is O=C(Cl)C(Cl)C1OCCCO1. The van der Waals surface area contributed by atoms with Gasteiger partial charge in [0, 0.05) is 0 Å². The van der Waals surface area contributed by atoms with Crippen molar-refractivity contribution in [1.82, 2.24) is 0 Å². The molecule has 1 rings (SSSR count). The molecule has 3 nitrogen and oxygen atoms in total. The summed E-state index contributed by atoms with van der Waals surface area (Å²) in [6.07, 6.45) is 0.159. The van der Waals surface area contributed by atoms with Crippen molar-refractivity contribution in [2.24, 2.45) is 0 Å². The number of carbonyl (C=O) groups is 1. The van der Waals surface area contributed by atoms with Crippen LogP contribution in [0, 0.1) is 0 Å². The molecule has 1 unspecified atom stereocenters. The lowest BCUT2D eigenvalue weighted by atomic mass is 10.4. The summed E-state index contributed by atoms with van der Waals surface area (Å²) in [6.45, 7) is 1.14. The molecule has 0 amide bonds. The van der Waals surface area contributed by atoms with Crippen LogP contribution >= 0.6 is 23.2 Å². The number of carbonyl (C=O) groups excluding carboxylic acids is 1. The lowest BCUT2D eigenvalue weighted by molar-refractivity contribution is -0.179. The Balaban J connectivity index is 2.38. The summed E-state index contributed by atoms with van der Waals surface area (Å²) in [4.78, 5) is 10.5. The van der Waals surface area contributed by atoms with E-state index in [-0.39, 0.29) is 0 Å². The fraction of sp³-hybridized carbons (Fsp3) is 0.833. The molecule has 1 aliphatic rings. The van der Waals surface area contributed by atoms with Crippen molar-refractivity contribution in [2.75, 3.05) is 13.2 Å². The molecule has 0 saturated carbocycles. The van der Waals surface area contributed by atoms with Crippen molar-refractivity contribution < 1.29 is 14.3 Å². The molecule has 0 aromatic carbocycles. The first kappa shape index (κ1) is 9.26. The quantitative estimate of drug-likeness (QED) is 0.493. The molecule has 0 aliphatic carbocycles. The van der Waals surface area contributed by atoms with Crippen LogP contribution in [0.1, 0.15) is 6.42 Å². The molecule has 1 fully saturated rings. The Kier molecular flexibility index (Phi) is 3.59. The van der Waals surface area contributed by atoms with Gasteiger partial charge in [-0.1, -0.05) is 0 Å². The van der Waals surface area contributed by atoms with Gasteiger partial charge in [0.15, 0.2) is 11.7 Å². The Bertz CT molecular complexity index is 145. The van der Waals surface area contributed by atoms with Gasteiger partial charge in [0.1, 0.15) is 0 Å². The molecule has 1 heterocycles. The highest BCUT2D eigenvalue weighted by molar-refractivity contribution is 6.69. The highest BCUT2D eigenvalue weighted by Crippen LogP contribution is 2.15. The molecule has 0 aromatic heterocycles. The zero-order valence-corrected chi connectivity index (χ0v) is 7.27. The highest BCUT2D eigenvalue weighted by Gasteiger charge is 2.28. The highest BCUT2D eigenvalue weighted by atomic mass is 35.5. The van der Waals surface area contributed by atoms with Crippen molar-refractivity contribution in [3.63, 3.8) is 0 Å². The molecule has 0 N–H and O–H groups in total. The Morgan fingerprint density at radius 2 is 2.00 bits per heavy atom. The third kappa shape index (κ3) is 2.60. The van der Waals surface area contributed by atoms with E-state index in [1.165, 1.54) is 0 Å². The predicted octanol–water partition coefficient (Wildman–Crippen LogP) is 1.12. The maximum Gasteiger partial charge on any atom is 0.244 e. The summed E-state index contributed by atoms with van der Waals surface area (Å²) in [6, 6.07) is 0. The van der Waals surface area contributed by atoms with Crippen molar-refractivity contribution in [3.8, 4) is 0 Å². The minimum Gasteiger partial charge on any atom is -0.350 e. The molecule has 11 heavy (non-hydrogen) atoms. The Labute approximate surface area is 74.6 Å². The molecule has 0 spiro atoms. The minimum atomic E-state index is -0.892. The van der Waals surface area contributed by atoms with Gasteiger partial charge in [-0.2, -0.15) is 0 Å². The normalized spacial score (nSPS) is 23.1. The second-order valence-corrected chi connectivity index (χ2v) is 3.01. The lowest BCUT2D eigenvalue weighted by Gasteiger charge is -2.24. The third-order valence-electron chi connectivity index (χ3n) is 1.31. The number of alkyl halides is 1. The molecule has 5 heteroatoms. The molecular weight excluding hydrogens is 191 g/mol. The lowest BCUT2D eigenvalue weighted by Crippen LogP contribution is -2.35. The summed E-state index contributed by atoms with van der Waals surface area (Å²) in [5.74, 6) is 0. The average Bonchev–Trinajstić information content (AvgIpc) is 2.05. The van der Waals surface area contributed by atoms with E-state index in [0.29, 0.717) is 13.2 Å². The Hall–Kier alpha value is 0.170. The minimum absolute atomic E-state index is 0.568. The van der Waals surface area contributed by atoms with Gasteiger partial charge in [-0.25, -0.2) is 0 Å². The number of rotatable bonds is 2. The van der Waals surface area contributed by atoms with Crippen molar-refractivity contribution in [2.45, 2.75) is 18.1 Å². The van der Waals surface area contributed by atoms with Gasteiger partial charge < -0.3 is 9.47 Å². The average molecular weight is 199 g/mol. The van der Waals surface area contributed by atoms with Crippen LogP contribution in [0.2, 0.25) is 0 Å². The molecule has 1 atom stereocenters. The van der Waals surface area contributed by atoms with E-state index < -0.39 is 16.9 Å². The van der Waals surface area contributed by atoms with Crippen LogP contribution in [0.4, 0.5) is 0 Å². The molecule has 64 valence electrons. The second-order valence-electron chi connectivity index (χ2n) is 2.17. The van der Waals surface area contributed by atoms with E-state index in [1.807, 2.05) is 0 Å². The maximum absolute atomic E-state index is 10.5. The van der Waals surface area contributed by atoms with Gasteiger partial charge in [-0.15, -0.1) is 11.6 Å².